The molecule has 0 radical (unpaired) electrons. The quantitative estimate of drug-likeness (QED) is 0.727. The van der Waals surface area contributed by atoms with Gasteiger partial charge in [0, 0.05) is 12.2 Å². The topological polar surface area (TPSA) is 38.0 Å². The monoisotopic (exact) mass is 206 g/mol. The summed E-state index contributed by atoms with van der Waals surface area (Å²) in [6, 6.07) is 6.22. The molecule has 0 aliphatic rings. The van der Waals surface area contributed by atoms with E-state index in [1.165, 1.54) is 12.0 Å². The van der Waals surface area contributed by atoms with Crippen LogP contribution in [0.5, 0.6) is 0 Å². The van der Waals surface area contributed by atoms with Gasteiger partial charge in [0.15, 0.2) is 0 Å². The molecule has 1 unspecified atom stereocenters. The molecule has 1 aromatic rings. The number of anilines is 1. The maximum atomic E-state index is 5.77. The minimum Gasteiger partial charge on any atom is -0.399 e. The van der Waals surface area contributed by atoms with E-state index in [2.05, 4.69) is 31.3 Å². The van der Waals surface area contributed by atoms with Gasteiger partial charge in [0.05, 0.1) is 0 Å². The second-order valence-corrected chi connectivity index (χ2v) is 4.34. The number of aryl methyl sites for hydroxylation is 1. The summed E-state index contributed by atoms with van der Waals surface area (Å²) in [5, 5.41) is 3.46. The lowest BCUT2D eigenvalue weighted by Gasteiger charge is -2.10. The van der Waals surface area contributed by atoms with E-state index in [0.717, 1.165) is 30.3 Å². The molecule has 0 saturated carbocycles. The minimum atomic E-state index is 0.750. The van der Waals surface area contributed by atoms with Crippen LogP contribution in [-0.4, -0.2) is 6.54 Å². The highest BCUT2D eigenvalue weighted by Crippen LogP contribution is 2.12. The summed E-state index contributed by atoms with van der Waals surface area (Å²) < 4.78 is 0. The van der Waals surface area contributed by atoms with Gasteiger partial charge >= 0.3 is 0 Å². The number of nitrogens with one attached hydrogen (secondary N) is 1. The highest BCUT2D eigenvalue weighted by molar-refractivity contribution is 5.47. The Hall–Kier alpha value is -1.02. The highest BCUT2D eigenvalue weighted by atomic mass is 14.9. The van der Waals surface area contributed by atoms with Crippen LogP contribution in [-0.2, 0) is 6.54 Å². The molecule has 0 heterocycles. The van der Waals surface area contributed by atoms with Gasteiger partial charge in [0.1, 0.15) is 0 Å². The third kappa shape index (κ3) is 3.92. The number of benzene rings is 1. The summed E-state index contributed by atoms with van der Waals surface area (Å²) in [5.41, 5.74) is 9.12. The van der Waals surface area contributed by atoms with Crippen molar-refractivity contribution in [1.82, 2.24) is 5.32 Å². The maximum absolute atomic E-state index is 5.77. The number of hydrogen-bond acceptors (Lipinski definition) is 2. The van der Waals surface area contributed by atoms with Crippen molar-refractivity contribution in [1.29, 1.82) is 0 Å². The molecule has 15 heavy (non-hydrogen) atoms. The van der Waals surface area contributed by atoms with Gasteiger partial charge in [-0.15, -0.1) is 0 Å². The zero-order valence-electron chi connectivity index (χ0n) is 10.0. The molecule has 0 saturated heterocycles. The number of rotatable bonds is 5. The first kappa shape index (κ1) is 12.1. The van der Waals surface area contributed by atoms with Gasteiger partial charge in [0.2, 0.25) is 0 Å². The largest absolute Gasteiger partial charge is 0.399 e. The fraction of sp³-hybridized carbons (Fsp3) is 0.538. The molecule has 0 amide bonds. The molecule has 1 atom stereocenters. The van der Waals surface area contributed by atoms with E-state index in [0.29, 0.717) is 0 Å². The lowest BCUT2D eigenvalue weighted by Crippen LogP contribution is -2.20. The Kier molecular flexibility index (Phi) is 4.63. The standard InChI is InChI=1S/C13H22N2/c1-4-10(2)8-15-9-12-5-6-13(14)11(3)7-12/h5-7,10,15H,4,8-9,14H2,1-3H3. The van der Waals surface area contributed by atoms with Gasteiger partial charge in [-0.3, -0.25) is 0 Å². The Morgan fingerprint density at radius 3 is 2.73 bits per heavy atom. The van der Waals surface area contributed by atoms with Crippen LogP contribution in [0.4, 0.5) is 5.69 Å². The zero-order chi connectivity index (χ0) is 11.3. The summed E-state index contributed by atoms with van der Waals surface area (Å²) in [6.07, 6.45) is 1.23. The van der Waals surface area contributed by atoms with Crippen LogP contribution in [0.15, 0.2) is 18.2 Å². The number of hydrogen-bond donors (Lipinski definition) is 2. The Morgan fingerprint density at radius 2 is 2.13 bits per heavy atom. The fourth-order valence-corrected chi connectivity index (χ4v) is 1.46. The van der Waals surface area contributed by atoms with Crippen molar-refractivity contribution in [2.24, 2.45) is 5.92 Å². The molecular formula is C13H22N2. The molecule has 2 nitrogen and oxygen atoms in total. The van der Waals surface area contributed by atoms with Crippen LogP contribution in [0.3, 0.4) is 0 Å². The smallest absolute Gasteiger partial charge is 0.0343 e. The molecule has 2 heteroatoms. The molecule has 0 aromatic heterocycles. The van der Waals surface area contributed by atoms with E-state index in [1.54, 1.807) is 0 Å². The van der Waals surface area contributed by atoms with E-state index in [4.69, 9.17) is 5.73 Å². The van der Waals surface area contributed by atoms with Crippen LogP contribution < -0.4 is 11.1 Å². The second-order valence-electron chi connectivity index (χ2n) is 4.34. The van der Waals surface area contributed by atoms with Gasteiger partial charge in [-0.2, -0.15) is 0 Å². The summed E-state index contributed by atoms with van der Waals surface area (Å²) in [6.45, 7) is 8.56. The number of nitrogen functional groups attached to an aromatic ring is 1. The Morgan fingerprint density at radius 1 is 1.40 bits per heavy atom. The predicted molar refractivity (Wildman–Crippen MR) is 66.8 cm³/mol. The number of nitrogens with two attached hydrogens (primary N) is 1. The molecular weight excluding hydrogens is 184 g/mol. The fourth-order valence-electron chi connectivity index (χ4n) is 1.46. The van der Waals surface area contributed by atoms with Crippen molar-refractivity contribution in [3.8, 4) is 0 Å². The summed E-state index contributed by atoms with van der Waals surface area (Å²) in [4.78, 5) is 0. The molecule has 0 spiro atoms. The van der Waals surface area contributed by atoms with Crippen molar-refractivity contribution in [2.45, 2.75) is 33.7 Å². The first-order chi connectivity index (χ1) is 7.13. The van der Waals surface area contributed by atoms with Crippen LogP contribution in [0, 0.1) is 12.8 Å². The predicted octanol–water partition coefficient (Wildman–Crippen LogP) is 2.71. The molecule has 3 N–H and O–H groups in total. The van der Waals surface area contributed by atoms with E-state index >= 15 is 0 Å². The third-order valence-electron chi connectivity index (χ3n) is 2.85. The van der Waals surface area contributed by atoms with Gasteiger partial charge in [-0.05, 0) is 36.6 Å². The lowest BCUT2D eigenvalue weighted by atomic mass is 10.1. The molecule has 1 aromatic carbocycles. The molecule has 1 rings (SSSR count). The summed E-state index contributed by atoms with van der Waals surface area (Å²) in [7, 11) is 0. The van der Waals surface area contributed by atoms with Crippen molar-refractivity contribution in [3.05, 3.63) is 29.3 Å². The first-order valence-corrected chi connectivity index (χ1v) is 5.69. The zero-order valence-corrected chi connectivity index (χ0v) is 10.0. The first-order valence-electron chi connectivity index (χ1n) is 5.69. The SMILES string of the molecule is CCC(C)CNCc1ccc(N)c(C)c1. The van der Waals surface area contributed by atoms with Crippen LogP contribution in [0.25, 0.3) is 0 Å². The second kappa shape index (κ2) is 5.76. The summed E-state index contributed by atoms with van der Waals surface area (Å²) >= 11 is 0. The summed E-state index contributed by atoms with van der Waals surface area (Å²) in [5.74, 6) is 0.750. The van der Waals surface area contributed by atoms with Gasteiger partial charge < -0.3 is 11.1 Å². The van der Waals surface area contributed by atoms with Crippen LogP contribution >= 0.6 is 0 Å². The third-order valence-corrected chi connectivity index (χ3v) is 2.85. The van der Waals surface area contributed by atoms with E-state index in [9.17, 15) is 0 Å². The normalized spacial score (nSPS) is 12.7. The average molecular weight is 206 g/mol. The van der Waals surface area contributed by atoms with Crippen molar-refractivity contribution in [2.75, 3.05) is 12.3 Å². The van der Waals surface area contributed by atoms with Crippen LogP contribution in [0.2, 0.25) is 0 Å². The molecule has 0 aliphatic carbocycles. The van der Waals surface area contributed by atoms with Crippen molar-refractivity contribution < 1.29 is 0 Å². The Balaban J connectivity index is 2.41. The molecule has 84 valence electrons. The average Bonchev–Trinajstić information content (AvgIpc) is 2.23. The molecule has 0 aliphatic heterocycles. The lowest BCUT2D eigenvalue weighted by molar-refractivity contribution is 0.500. The van der Waals surface area contributed by atoms with E-state index in [1.807, 2.05) is 13.0 Å². The highest BCUT2D eigenvalue weighted by Gasteiger charge is 1.99. The molecule has 0 bridgehead atoms. The Bertz CT molecular complexity index is 307. The maximum Gasteiger partial charge on any atom is 0.0343 e. The van der Waals surface area contributed by atoms with Gasteiger partial charge in [-0.1, -0.05) is 32.4 Å². The van der Waals surface area contributed by atoms with Gasteiger partial charge in [0.25, 0.3) is 0 Å². The minimum absolute atomic E-state index is 0.750. The van der Waals surface area contributed by atoms with E-state index < -0.39 is 0 Å². The Labute approximate surface area is 92.9 Å². The van der Waals surface area contributed by atoms with E-state index in [-0.39, 0.29) is 0 Å². The van der Waals surface area contributed by atoms with Crippen molar-refractivity contribution >= 4 is 5.69 Å². The van der Waals surface area contributed by atoms with Gasteiger partial charge in [-0.25, -0.2) is 0 Å². The van der Waals surface area contributed by atoms with Crippen molar-refractivity contribution in [3.63, 3.8) is 0 Å². The van der Waals surface area contributed by atoms with Crippen LogP contribution in [0.1, 0.15) is 31.4 Å². The molecule has 0 fully saturated rings.